The second kappa shape index (κ2) is 9.43. The molecular weight excluding hydrogens is 407 g/mol. The molecule has 2 heterocycles. The number of carbonyl (C=O) groups excluding carboxylic acids is 3. The normalized spacial score (nSPS) is 19.5. The molecule has 3 atom stereocenters. The monoisotopic (exact) mass is 427 g/mol. The van der Waals surface area contributed by atoms with Gasteiger partial charge in [0.05, 0.1) is 25.9 Å². The number of carbonyl (C=O) groups is 3. The Labute approximate surface area is 170 Å². The van der Waals surface area contributed by atoms with Gasteiger partial charge in [-0.2, -0.15) is 18.4 Å². The van der Waals surface area contributed by atoms with Crippen molar-refractivity contribution >= 4 is 17.7 Å². The summed E-state index contributed by atoms with van der Waals surface area (Å²) in [5, 5.41) is 13.5. The maximum absolute atomic E-state index is 12.8. The summed E-state index contributed by atoms with van der Waals surface area (Å²) in [6, 6.07) is 1.38. The van der Waals surface area contributed by atoms with Crippen LogP contribution in [0.4, 0.5) is 13.2 Å². The van der Waals surface area contributed by atoms with Crippen LogP contribution in [-0.2, 0) is 14.4 Å². The molecule has 2 rings (SSSR count). The summed E-state index contributed by atoms with van der Waals surface area (Å²) in [7, 11) is 1.42. The molecule has 1 aliphatic heterocycles. The summed E-state index contributed by atoms with van der Waals surface area (Å²) in [4.78, 5) is 41.1. The highest BCUT2D eigenvalue weighted by molar-refractivity contribution is 5.92. The van der Waals surface area contributed by atoms with Crippen molar-refractivity contribution in [2.75, 3.05) is 20.2 Å². The van der Waals surface area contributed by atoms with Gasteiger partial charge < -0.3 is 20.3 Å². The zero-order chi connectivity index (χ0) is 22.5. The predicted molar refractivity (Wildman–Crippen MR) is 95.6 cm³/mol. The number of hydrogen-bond acceptors (Lipinski definition) is 6. The summed E-state index contributed by atoms with van der Waals surface area (Å²) in [6.07, 6.45) is -1.87. The summed E-state index contributed by atoms with van der Waals surface area (Å²) >= 11 is 0. The third-order valence-corrected chi connectivity index (χ3v) is 4.67. The Hall–Kier alpha value is -3.36. The van der Waals surface area contributed by atoms with Gasteiger partial charge in [-0.3, -0.25) is 19.4 Å². The van der Waals surface area contributed by atoms with E-state index >= 15 is 0 Å². The van der Waals surface area contributed by atoms with Gasteiger partial charge in [0.2, 0.25) is 11.8 Å². The minimum atomic E-state index is -5.11. The fourth-order valence-electron chi connectivity index (χ4n) is 3.11. The maximum atomic E-state index is 12.8. The minimum Gasteiger partial charge on any atom is -0.495 e. The molecule has 162 valence electrons. The van der Waals surface area contributed by atoms with Crippen molar-refractivity contribution in [1.82, 2.24) is 20.5 Å². The molecule has 3 amide bonds. The molecule has 1 aromatic rings. The van der Waals surface area contributed by atoms with Crippen LogP contribution >= 0.6 is 0 Å². The average molecular weight is 427 g/mol. The molecule has 0 radical (unpaired) electrons. The van der Waals surface area contributed by atoms with Gasteiger partial charge in [-0.05, 0) is 18.4 Å². The first-order chi connectivity index (χ1) is 14.1. The number of pyridine rings is 1. The van der Waals surface area contributed by atoms with Crippen LogP contribution in [0.1, 0.15) is 24.9 Å². The van der Waals surface area contributed by atoms with Gasteiger partial charge in [-0.25, -0.2) is 0 Å². The van der Waals surface area contributed by atoms with Gasteiger partial charge in [0.15, 0.2) is 0 Å². The summed E-state index contributed by atoms with van der Waals surface area (Å²) in [5.41, 5.74) is 0.367. The van der Waals surface area contributed by atoms with Crippen LogP contribution < -0.4 is 15.4 Å². The second-order valence-corrected chi connectivity index (χ2v) is 6.71. The van der Waals surface area contributed by atoms with E-state index in [9.17, 15) is 32.8 Å². The summed E-state index contributed by atoms with van der Waals surface area (Å²) in [5.74, 6) is -3.61. The fourth-order valence-corrected chi connectivity index (χ4v) is 3.11. The number of amides is 3. The first kappa shape index (κ1) is 22.9. The lowest BCUT2D eigenvalue weighted by Crippen LogP contribution is -2.52. The number of methoxy groups -OCH3 is 1. The molecule has 1 fully saturated rings. The molecule has 0 bridgehead atoms. The van der Waals surface area contributed by atoms with E-state index in [0.717, 1.165) is 4.90 Å². The van der Waals surface area contributed by atoms with Crippen LogP contribution in [0.25, 0.3) is 0 Å². The molecule has 0 saturated carbocycles. The second-order valence-electron chi connectivity index (χ2n) is 6.71. The number of nitriles is 1. The van der Waals surface area contributed by atoms with Crippen LogP contribution in [0.5, 0.6) is 5.75 Å². The molecule has 1 saturated heterocycles. The van der Waals surface area contributed by atoms with E-state index in [1.807, 2.05) is 6.07 Å². The third kappa shape index (κ3) is 5.37. The first-order valence-electron chi connectivity index (χ1n) is 8.92. The van der Waals surface area contributed by atoms with Crippen molar-refractivity contribution in [2.24, 2.45) is 5.92 Å². The van der Waals surface area contributed by atoms with Gasteiger partial charge in [0.25, 0.3) is 0 Å². The van der Waals surface area contributed by atoms with E-state index in [-0.39, 0.29) is 12.5 Å². The number of aromatic nitrogens is 1. The minimum absolute atomic E-state index is 0.137. The number of halogens is 3. The Kier molecular flexibility index (Phi) is 7.20. The number of nitrogens with one attached hydrogen (secondary N) is 2. The third-order valence-electron chi connectivity index (χ3n) is 4.67. The van der Waals surface area contributed by atoms with Crippen LogP contribution in [-0.4, -0.2) is 60.0 Å². The Morgan fingerprint density at radius 3 is 2.70 bits per heavy atom. The van der Waals surface area contributed by atoms with Gasteiger partial charge in [-0.1, -0.05) is 6.92 Å². The highest BCUT2D eigenvalue weighted by Gasteiger charge is 2.42. The molecule has 0 spiro atoms. The van der Waals surface area contributed by atoms with Crippen molar-refractivity contribution in [1.29, 1.82) is 5.26 Å². The van der Waals surface area contributed by atoms with Gasteiger partial charge >= 0.3 is 12.1 Å². The zero-order valence-electron chi connectivity index (χ0n) is 16.2. The van der Waals surface area contributed by atoms with E-state index in [1.54, 1.807) is 6.92 Å². The maximum Gasteiger partial charge on any atom is 0.471 e. The van der Waals surface area contributed by atoms with Crippen LogP contribution in [0.3, 0.4) is 0 Å². The van der Waals surface area contributed by atoms with Gasteiger partial charge in [0.1, 0.15) is 17.8 Å². The van der Waals surface area contributed by atoms with Gasteiger partial charge in [-0.15, -0.1) is 0 Å². The zero-order valence-corrected chi connectivity index (χ0v) is 16.2. The molecule has 12 heteroatoms. The Balaban J connectivity index is 2.09. The van der Waals surface area contributed by atoms with Crippen molar-refractivity contribution in [3.63, 3.8) is 0 Å². The van der Waals surface area contributed by atoms with Crippen LogP contribution in [0.15, 0.2) is 18.5 Å². The molecule has 1 aliphatic rings. The number of likely N-dealkylation sites (tertiary alicyclic amines) is 1. The fraction of sp³-hybridized carbons (Fsp3) is 0.500. The van der Waals surface area contributed by atoms with Crippen molar-refractivity contribution in [3.8, 4) is 11.8 Å². The molecular formula is C18H20F3N5O4. The van der Waals surface area contributed by atoms with E-state index in [0.29, 0.717) is 17.7 Å². The lowest BCUT2D eigenvalue weighted by atomic mass is 10.0. The van der Waals surface area contributed by atoms with Crippen LogP contribution in [0.2, 0.25) is 0 Å². The molecule has 0 aromatic carbocycles. The van der Waals surface area contributed by atoms with Crippen molar-refractivity contribution in [2.45, 2.75) is 31.6 Å². The summed E-state index contributed by atoms with van der Waals surface area (Å²) < 4.78 is 41.9. The lowest BCUT2D eigenvalue weighted by molar-refractivity contribution is -0.174. The van der Waals surface area contributed by atoms with E-state index < -0.39 is 42.5 Å². The molecule has 2 N–H and O–H groups in total. The first-order valence-corrected chi connectivity index (χ1v) is 8.92. The van der Waals surface area contributed by atoms with E-state index in [1.165, 1.54) is 30.9 Å². The van der Waals surface area contributed by atoms with Crippen LogP contribution in [0, 0.1) is 17.2 Å². The Morgan fingerprint density at radius 2 is 2.10 bits per heavy atom. The van der Waals surface area contributed by atoms with E-state index in [2.05, 4.69) is 10.3 Å². The number of alkyl halides is 3. The predicted octanol–water partition coefficient (Wildman–Crippen LogP) is 0.687. The standard InChI is InChI=1S/C18H20F3N5O4/c1-10-3-4-26(14(27)9-24-17(29)18(19,20)21)15(10)16(28)25-13(6-22)11-5-12(30-2)8-23-7-11/h5,7-8,10,13,15H,3-4,9H2,1-2H3,(H,24,29)(H,25,28)/t10-,13?,15?/m0/s1. The molecule has 0 aliphatic carbocycles. The average Bonchev–Trinajstić information content (AvgIpc) is 3.10. The van der Waals surface area contributed by atoms with Gasteiger partial charge in [0, 0.05) is 18.3 Å². The topological polar surface area (TPSA) is 124 Å². The lowest BCUT2D eigenvalue weighted by Gasteiger charge is -2.27. The largest absolute Gasteiger partial charge is 0.495 e. The number of nitrogens with zero attached hydrogens (tertiary/aromatic N) is 3. The SMILES string of the molecule is COc1cncc(C(C#N)NC(=O)C2[C@@H](C)CCN2C(=O)CNC(=O)C(F)(F)F)c1. The number of ether oxygens (including phenoxy) is 1. The molecule has 30 heavy (non-hydrogen) atoms. The Bertz CT molecular complexity index is 855. The highest BCUT2D eigenvalue weighted by atomic mass is 19.4. The highest BCUT2D eigenvalue weighted by Crippen LogP contribution is 2.26. The molecule has 2 unspecified atom stereocenters. The number of hydrogen-bond donors (Lipinski definition) is 2. The van der Waals surface area contributed by atoms with E-state index in [4.69, 9.17) is 4.74 Å². The smallest absolute Gasteiger partial charge is 0.471 e. The van der Waals surface area contributed by atoms with Crippen molar-refractivity contribution < 1.29 is 32.3 Å². The quantitative estimate of drug-likeness (QED) is 0.688. The van der Waals surface area contributed by atoms with Crippen molar-refractivity contribution in [3.05, 3.63) is 24.0 Å². The molecule has 9 nitrogen and oxygen atoms in total. The molecule has 1 aromatic heterocycles. The summed E-state index contributed by atoms with van der Waals surface area (Å²) in [6.45, 7) is 0.953. The number of rotatable bonds is 6. The Morgan fingerprint density at radius 1 is 1.40 bits per heavy atom.